The topological polar surface area (TPSA) is 55.4 Å². The summed E-state index contributed by atoms with van der Waals surface area (Å²) >= 11 is 5.92. The summed E-state index contributed by atoms with van der Waals surface area (Å²) in [5.74, 6) is 4.82. The Morgan fingerprint density at radius 3 is 2.32 bits per heavy atom. The SMILES string of the molecule is O=S(=O)(NCC#Cc1ccccc1Cl)c1ccc(OC(F)(F)F)cc1. The summed E-state index contributed by atoms with van der Waals surface area (Å²) in [6, 6.07) is 10.7. The zero-order chi connectivity index (χ0) is 18.5. The molecule has 0 unspecified atom stereocenters. The molecule has 0 spiro atoms. The lowest BCUT2D eigenvalue weighted by Gasteiger charge is -2.09. The van der Waals surface area contributed by atoms with E-state index in [0.29, 0.717) is 10.6 Å². The Balaban J connectivity index is 2.01. The van der Waals surface area contributed by atoms with Gasteiger partial charge in [-0.05, 0) is 36.4 Å². The molecule has 0 bridgehead atoms. The molecule has 2 rings (SSSR count). The number of ether oxygens (including phenoxy) is 1. The fourth-order valence-electron chi connectivity index (χ4n) is 1.74. The fraction of sp³-hybridized carbons (Fsp3) is 0.125. The van der Waals surface area contributed by atoms with E-state index in [-0.39, 0.29) is 11.4 Å². The Kier molecular flexibility index (Phi) is 5.95. The first kappa shape index (κ1) is 19.1. The Bertz CT molecular complexity index is 901. The van der Waals surface area contributed by atoms with Crippen LogP contribution in [-0.2, 0) is 10.0 Å². The molecule has 0 aromatic heterocycles. The van der Waals surface area contributed by atoms with Crippen molar-refractivity contribution < 1.29 is 26.3 Å². The Hall–Kier alpha value is -2.21. The van der Waals surface area contributed by atoms with Crippen LogP contribution in [-0.4, -0.2) is 21.3 Å². The van der Waals surface area contributed by atoms with Gasteiger partial charge in [0.25, 0.3) is 0 Å². The van der Waals surface area contributed by atoms with Crippen LogP contribution in [0.4, 0.5) is 13.2 Å². The largest absolute Gasteiger partial charge is 0.573 e. The third-order valence-corrected chi connectivity index (χ3v) is 4.56. The van der Waals surface area contributed by atoms with E-state index in [0.717, 1.165) is 24.3 Å². The lowest BCUT2D eigenvalue weighted by molar-refractivity contribution is -0.274. The molecule has 0 aliphatic carbocycles. The van der Waals surface area contributed by atoms with Crippen LogP contribution in [0.15, 0.2) is 53.4 Å². The van der Waals surface area contributed by atoms with Crippen LogP contribution < -0.4 is 9.46 Å². The van der Waals surface area contributed by atoms with Gasteiger partial charge in [-0.25, -0.2) is 8.42 Å². The molecule has 0 amide bonds. The van der Waals surface area contributed by atoms with E-state index in [2.05, 4.69) is 21.3 Å². The molecule has 2 aromatic carbocycles. The highest BCUT2D eigenvalue weighted by Gasteiger charge is 2.31. The summed E-state index contributed by atoms with van der Waals surface area (Å²) < 4.78 is 66.2. The molecule has 132 valence electrons. The van der Waals surface area contributed by atoms with Crippen molar-refractivity contribution in [1.29, 1.82) is 0 Å². The lowest BCUT2D eigenvalue weighted by Crippen LogP contribution is -2.24. The van der Waals surface area contributed by atoms with Gasteiger partial charge in [-0.15, -0.1) is 13.2 Å². The maximum atomic E-state index is 12.1. The molecular formula is C16H11ClF3NO3S. The summed E-state index contributed by atoms with van der Waals surface area (Å²) in [4.78, 5) is -0.207. The standard InChI is InChI=1S/C16H11ClF3NO3S/c17-15-6-2-1-4-12(15)5-3-11-21-25(22,23)14-9-7-13(8-10-14)24-16(18,19)20/h1-2,4,6-10,21H,11H2. The highest BCUT2D eigenvalue weighted by molar-refractivity contribution is 7.89. The van der Waals surface area contributed by atoms with Crippen molar-refractivity contribution in [3.05, 3.63) is 59.1 Å². The minimum absolute atomic E-state index is 0.186. The van der Waals surface area contributed by atoms with Crippen LogP contribution in [0.25, 0.3) is 0 Å². The van der Waals surface area contributed by atoms with E-state index in [1.807, 2.05) is 0 Å². The molecule has 1 N–H and O–H groups in total. The van der Waals surface area contributed by atoms with Gasteiger partial charge in [0.2, 0.25) is 10.0 Å². The molecule has 0 atom stereocenters. The first-order chi connectivity index (χ1) is 11.7. The van der Waals surface area contributed by atoms with Crippen LogP contribution in [0.1, 0.15) is 5.56 Å². The molecular weight excluding hydrogens is 379 g/mol. The molecule has 0 aliphatic rings. The number of benzene rings is 2. The first-order valence-corrected chi connectivity index (χ1v) is 8.62. The van der Waals surface area contributed by atoms with Crippen molar-refractivity contribution in [2.45, 2.75) is 11.3 Å². The third-order valence-electron chi connectivity index (χ3n) is 2.82. The first-order valence-electron chi connectivity index (χ1n) is 6.76. The molecule has 0 saturated heterocycles. The zero-order valence-electron chi connectivity index (χ0n) is 12.5. The second-order valence-electron chi connectivity index (χ2n) is 4.63. The number of sulfonamides is 1. The van der Waals surface area contributed by atoms with E-state index < -0.39 is 22.1 Å². The van der Waals surface area contributed by atoms with Crippen molar-refractivity contribution in [3.8, 4) is 17.6 Å². The van der Waals surface area contributed by atoms with Gasteiger partial charge >= 0.3 is 6.36 Å². The lowest BCUT2D eigenvalue weighted by atomic mass is 10.2. The number of rotatable bonds is 4. The Morgan fingerprint density at radius 2 is 1.72 bits per heavy atom. The summed E-state index contributed by atoms with van der Waals surface area (Å²) in [6.07, 6.45) is -4.84. The van der Waals surface area contributed by atoms with Gasteiger partial charge in [0.1, 0.15) is 5.75 Å². The summed E-state index contributed by atoms with van der Waals surface area (Å²) in [5, 5.41) is 0.443. The molecule has 0 saturated carbocycles. The van der Waals surface area contributed by atoms with E-state index in [1.165, 1.54) is 0 Å². The molecule has 0 aliphatic heterocycles. The quantitative estimate of drug-likeness (QED) is 0.813. The zero-order valence-corrected chi connectivity index (χ0v) is 14.0. The maximum absolute atomic E-state index is 12.1. The average Bonchev–Trinajstić information content (AvgIpc) is 2.52. The van der Waals surface area contributed by atoms with Gasteiger partial charge in [-0.2, -0.15) is 4.72 Å². The minimum Gasteiger partial charge on any atom is -0.406 e. The van der Waals surface area contributed by atoms with Gasteiger partial charge in [-0.3, -0.25) is 0 Å². The molecule has 25 heavy (non-hydrogen) atoms. The fourth-order valence-corrected chi connectivity index (χ4v) is 2.84. The second-order valence-corrected chi connectivity index (χ2v) is 6.80. The molecule has 2 aromatic rings. The van der Waals surface area contributed by atoms with Crippen molar-refractivity contribution >= 4 is 21.6 Å². The van der Waals surface area contributed by atoms with Crippen molar-refractivity contribution in [1.82, 2.24) is 4.72 Å². The average molecular weight is 390 g/mol. The summed E-state index contributed by atoms with van der Waals surface area (Å²) in [7, 11) is -3.91. The number of alkyl halides is 3. The number of hydrogen-bond donors (Lipinski definition) is 1. The maximum Gasteiger partial charge on any atom is 0.573 e. The predicted octanol–water partition coefficient (Wildman–Crippen LogP) is 3.57. The summed E-state index contributed by atoms with van der Waals surface area (Å²) in [5.41, 5.74) is 0.553. The van der Waals surface area contributed by atoms with Gasteiger partial charge in [0.15, 0.2) is 0 Å². The minimum atomic E-state index is -4.84. The normalized spacial score (nSPS) is 11.5. The van der Waals surface area contributed by atoms with E-state index in [4.69, 9.17) is 11.6 Å². The van der Waals surface area contributed by atoms with Crippen LogP contribution in [0.2, 0.25) is 5.02 Å². The molecule has 0 radical (unpaired) electrons. The van der Waals surface area contributed by atoms with E-state index in [1.54, 1.807) is 24.3 Å². The van der Waals surface area contributed by atoms with E-state index >= 15 is 0 Å². The Labute approximate surface area is 147 Å². The van der Waals surface area contributed by atoms with E-state index in [9.17, 15) is 21.6 Å². The number of halogens is 4. The van der Waals surface area contributed by atoms with Crippen molar-refractivity contribution in [2.24, 2.45) is 0 Å². The molecule has 0 heterocycles. The number of hydrogen-bond acceptors (Lipinski definition) is 3. The molecule has 4 nitrogen and oxygen atoms in total. The van der Waals surface area contributed by atoms with Gasteiger partial charge in [-0.1, -0.05) is 35.6 Å². The summed E-state index contributed by atoms with van der Waals surface area (Å²) in [6.45, 7) is -0.186. The van der Waals surface area contributed by atoms with Crippen molar-refractivity contribution in [2.75, 3.05) is 6.54 Å². The second kappa shape index (κ2) is 7.78. The third kappa shape index (κ3) is 5.98. The van der Waals surface area contributed by atoms with Gasteiger partial charge < -0.3 is 4.74 Å². The Morgan fingerprint density at radius 1 is 1.08 bits per heavy atom. The molecule has 0 fully saturated rings. The van der Waals surface area contributed by atoms with Crippen LogP contribution in [0.5, 0.6) is 5.75 Å². The van der Waals surface area contributed by atoms with Crippen LogP contribution in [0.3, 0.4) is 0 Å². The van der Waals surface area contributed by atoms with Gasteiger partial charge in [0, 0.05) is 5.56 Å². The number of nitrogens with one attached hydrogen (secondary N) is 1. The van der Waals surface area contributed by atoms with Crippen LogP contribution in [0, 0.1) is 11.8 Å². The van der Waals surface area contributed by atoms with Crippen molar-refractivity contribution in [3.63, 3.8) is 0 Å². The van der Waals surface area contributed by atoms with Crippen LogP contribution >= 0.6 is 11.6 Å². The monoisotopic (exact) mass is 389 g/mol. The predicted molar refractivity (Wildman–Crippen MR) is 86.6 cm³/mol. The highest BCUT2D eigenvalue weighted by Crippen LogP contribution is 2.23. The smallest absolute Gasteiger partial charge is 0.406 e. The molecule has 9 heteroatoms. The van der Waals surface area contributed by atoms with Gasteiger partial charge in [0.05, 0.1) is 16.5 Å². The highest BCUT2D eigenvalue weighted by atomic mass is 35.5.